The second kappa shape index (κ2) is 7.27. The number of rotatable bonds is 4. The summed E-state index contributed by atoms with van der Waals surface area (Å²) in [6, 6.07) is 16.2. The Morgan fingerprint density at radius 1 is 1.08 bits per heavy atom. The van der Waals surface area contributed by atoms with Gasteiger partial charge in [-0.25, -0.2) is 4.79 Å². The van der Waals surface area contributed by atoms with Crippen molar-refractivity contribution in [2.24, 2.45) is 0 Å². The molecule has 2 aromatic rings. The second-order valence-corrected chi connectivity index (χ2v) is 5.77. The zero-order chi connectivity index (χ0) is 16.9. The van der Waals surface area contributed by atoms with Crippen molar-refractivity contribution in [2.45, 2.75) is 12.5 Å². The molecule has 5 heteroatoms. The molecule has 1 amide bonds. The van der Waals surface area contributed by atoms with Crippen LogP contribution in [-0.4, -0.2) is 41.6 Å². The number of morpholine rings is 1. The van der Waals surface area contributed by atoms with Crippen molar-refractivity contribution < 1.29 is 19.4 Å². The lowest BCUT2D eigenvalue weighted by Crippen LogP contribution is -2.44. The molecule has 0 spiro atoms. The quantitative estimate of drug-likeness (QED) is 0.938. The van der Waals surface area contributed by atoms with Crippen LogP contribution in [0.5, 0.6) is 0 Å². The van der Waals surface area contributed by atoms with Crippen molar-refractivity contribution in [1.82, 2.24) is 4.90 Å². The number of nitrogens with zero attached hydrogens (tertiary/aromatic N) is 1. The summed E-state index contributed by atoms with van der Waals surface area (Å²) < 4.78 is 5.55. The standard InChI is InChI=1S/C19H19NO4/c21-18(12-14-6-8-16(9-7-14)19(22)23)20-10-11-24-13-17(20)15-4-2-1-3-5-15/h1-9,17H,10-13H2,(H,22,23). The highest BCUT2D eigenvalue weighted by Crippen LogP contribution is 2.24. The van der Waals surface area contributed by atoms with Gasteiger partial charge in [0.1, 0.15) is 0 Å². The summed E-state index contributed by atoms with van der Waals surface area (Å²) >= 11 is 0. The molecule has 5 nitrogen and oxygen atoms in total. The molecule has 3 rings (SSSR count). The van der Waals surface area contributed by atoms with Crippen LogP contribution in [0.1, 0.15) is 27.5 Å². The molecule has 1 N–H and O–H groups in total. The molecule has 0 aliphatic carbocycles. The van der Waals surface area contributed by atoms with Gasteiger partial charge in [0, 0.05) is 6.54 Å². The molecule has 2 aromatic carbocycles. The number of carboxylic acids is 1. The Hall–Kier alpha value is -2.66. The van der Waals surface area contributed by atoms with Gasteiger partial charge in [-0.2, -0.15) is 0 Å². The highest BCUT2D eigenvalue weighted by Gasteiger charge is 2.28. The molecule has 1 aliphatic rings. The minimum absolute atomic E-state index is 0.0234. The van der Waals surface area contributed by atoms with Gasteiger partial charge >= 0.3 is 5.97 Å². The van der Waals surface area contributed by atoms with Crippen LogP contribution in [0.4, 0.5) is 0 Å². The number of carbonyl (C=O) groups is 2. The topological polar surface area (TPSA) is 66.8 Å². The minimum Gasteiger partial charge on any atom is -0.478 e. The number of carboxylic acid groups (broad SMARTS) is 1. The fourth-order valence-electron chi connectivity index (χ4n) is 2.89. The number of ether oxygens (including phenoxy) is 1. The summed E-state index contributed by atoms with van der Waals surface area (Å²) in [6.07, 6.45) is 0.253. The molecule has 0 radical (unpaired) electrons. The van der Waals surface area contributed by atoms with Crippen LogP contribution in [0, 0.1) is 0 Å². The number of aromatic carboxylic acids is 1. The maximum Gasteiger partial charge on any atom is 0.335 e. The Balaban J connectivity index is 1.73. The molecule has 1 unspecified atom stereocenters. The first-order chi connectivity index (χ1) is 11.6. The lowest BCUT2D eigenvalue weighted by molar-refractivity contribution is -0.139. The first-order valence-electron chi connectivity index (χ1n) is 7.89. The first-order valence-corrected chi connectivity index (χ1v) is 7.89. The third-order valence-corrected chi connectivity index (χ3v) is 4.19. The van der Waals surface area contributed by atoms with E-state index in [-0.39, 0.29) is 23.9 Å². The van der Waals surface area contributed by atoms with Crippen LogP contribution < -0.4 is 0 Å². The SMILES string of the molecule is O=C(O)c1ccc(CC(=O)N2CCOCC2c2ccccc2)cc1. The molecule has 1 aliphatic heterocycles. The summed E-state index contributed by atoms with van der Waals surface area (Å²) in [5.74, 6) is -0.944. The van der Waals surface area contributed by atoms with E-state index in [4.69, 9.17) is 9.84 Å². The fraction of sp³-hybridized carbons (Fsp3) is 0.263. The molecule has 0 bridgehead atoms. The monoisotopic (exact) mass is 325 g/mol. The van der Waals surface area contributed by atoms with Gasteiger partial charge in [-0.05, 0) is 23.3 Å². The molecular formula is C19H19NO4. The number of hydrogen-bond donors (Lipinski definition) is 1. The Bertz CT molecular complexity index is 712. The highest BCUT2D eigenvalue weighted by atomic mass is 16.5. The van der Waals surface area contributed by atoms with Gasteiger partial charge < -0.3 is 14.7 Å². The van der Waals surface area contributed by atoms with Crippen LogP contribution >= 0.6 is 0 Å². The van der Waals surface area contributed by atoms with Crippen molar-refractivity contribution in [2.75, 3.05) is 19.8 Å². The Morgan fingerprint density at radius 2 is 1.79 bits per heavy atom. The maximum absolute atomic E-state index is 12.7. The molecule has 1 saturated heterocycles. The zero-order valence-corrected chi connectivity index (χ0v) is 13.2. The third kappa shape index (κ3) is 3.63. The fourth-order valence-corrected chi connectivity index (χ4v) is 2.89. The van der Waals surface area contributed by atoms with Gasteiger partial charge in [0.2, 0.25) is 5.91 Å². The Kier molecular flexibility index (Phi) is 4.91. The molecule has 1 heterocycles. The van der Waals surface area contributed by atoms with Crippen LogP contribution in [0.2, 0.25) is 0 Å². The lowest BCUT2D eigenvalue weighted by atomic mass is 10.0. The third-order valence-electron chi connectivity index (χ3n) is 4.19. The van der Waals surface area contributed by atoms with Gasteiger partial charge in [0.15, 0.2) is 0 Å². The normalized spacial score (nSPS) is 17.5. The van der Waals surface area contributed by atoms with Gasteiger partial charge in [-0.15, -0.1) is 0 Å². The van der Waals surface area contributed by atoms with E-state index in [1.54, 1.807) is 12.1 Å². The summed E-state index contributed by atoms with van der Waals surface area (Å²) in [5, 5.41) is 8.93. The summed E-state index contributed by atoms with van der Waals surface area (Å²) in [7, 11) is 0. The largest absolute Gasteiger partial charge is 0.478 e. The number of carbonyl (C=O) groups excluding carboxylic acids is 1. The number of hydrogen-bond acceptors (Lipinski definition) is 3. The number of benzene rings is 2. The highest BCUT2D eigenvalue weighted by molar-refractivity contribution is 5.87. The maximum atomic E-state index is 12.7. The average Bonchev–Trinajstić information content (AvgIpc) is 2.63. The van der Waals surface area contributed by atoms with E-state index in [0.29, 0.717) is 19.8 Å². The average molecular weight is 325 g/mol. The summed E-state index contributed by atoms with van der Waals surface area (Å²) in [4.78, 5) is 25.5. The van der Waals surface area contributed by atoms with Gasteiger partial charge in [-0.1, -0.05) is 42.5 Å². The summed E-state index contributed by atoms with van der Waals surface area (Å²) in [6.45, 7) is 1.59. The Labute approximate surface area is 140 Å². The predicted octanol–water partition coefficient (Wildman–Crippen LogP) is 2.53. The molecule has 24 heavy (non-hydrogen) atoms. The van der Waals surface area contributed by atoms with Gasteiger partial charge in [0.05, 0.1) is 31.2 Å². The minimum atomic E-state index is -0.967. The van der Waals surface area contributed by atoms with Crippen molar-refractivity contribution >= 4 is 11.9 Å². The number of amides is 1. The predicted molar refractivity (Wildman–Crippen MR) is 88.8 cm³/mol. The molecule has 1 fully saturated rings. The Morgan fingerprint density at radius 3 is 2.46 bits per heavy atom. The second-order valence-electron chi connectivity index (χ2n) is 5.77. The van der Waals surface area contributed by atoms with Crippen LogP contribution in [0.15, 0.2) is 54.6 Å². The molecular weight excluding hydrogens is 306 g/mol. The van der Waals surface area contributed by atoms with Crippen LogP contribution in [0.25, 0.3) is 0 Å². The van der Waals surface area contributed by atoms with Crippen LogP contribution in [0.3, 0.4) is 0 Å². The molecule has 0 saturated carbocycles. The van der Waals surface area contributed by atoms with Crippen molar-refractivity contribution in [3.8, 4) is 0 Å². The van der Waals surface area contributed by atoms with Gasteiger partial charge in [-0.3, -0.25) is 4.79 Å². The van der Waals surface area contributed by atoms with E-state index >= 15 is 0 Å². The van der Waals surface area contributed by atoms with Crippen molar-refractivity contribution in [1.29, 1.82) is 0 Å². The zero-order valence-electron chi connectivity index (χ0n) is 13.2. The van der Waals surface area contributed by atoms with E-state index in [9.17, 15) is 9.59 Å². The molecule has 0 aromatic heterocycles. The van der Waals surface area contributed by atoms with E-state index in [2.05, 4.69) is 0 Å². The van der Waals surface area contributed by atoms with E-state index in [0.717, 1.165) is 11.1 Å². The van der Waals surface area contributed by atoms with Crippen molar-refractivity contribution in [3.63, 3.8) is 0 Å². The molecule has 124 valence electrons. The van der Waals surface area contributed by atoms with E-state index in [1.807, 2.05) is 35.2 Å². The van der Waals surface area contributed by atoms with E-state index < -0.39 is 5.97 Å². The van der Waals surface area contributed by atoms with Crippen molar-refractivity contribution in [3.05, 3.63) is 71.3 Å². The van der Waals surface area contributed by atoms with Crippen LogP contribution in [-0.2, 0) is 16.0 Å². The molecule has 1 atom stereocenters. The smallest absolute Gasteiger partial charge is 0.335 e. The lowest BCUT2D eigenvalue weighted by Gasteiger charge is -2.36. The van der Waals surface area contributed by atoms with Gasteiger partial charge in [0.25, 0.3) is 0 Å². The van der Waals surface area contributed by atoms with E-state index in [1.165, 1.54) is 12.1 Å². The first kappa shape index (κ1) is 16.2. The summed E-state index contributed by atoms with van der Waals surface area (Å²) in [5.41, 5.74) is 2.09.